The second-order valence-electron chi connectivity index (χ2n) is 2.68. The summed E-state index contributed by atoms with van der Waals surface area (Å²) in [5.74, 6) is -0.929. The predicted octanol–water partition coefficient (Wildman–Crippen LogP) is 3.10. The van der Waals surface area contributed by atoms with E-state index in [1.807, 2.05) is 18.2 Å². The Balaban J connectivity index is 3.65. The van der Waals surface area contributed by atoms with Crippen LogP contribution in [-0.4, -0.2) is 11.1 Å². The Morgan fingerprint density at radius 1 is 1.07 bits per heavy atom. The molecular formula is C12H16O2. The number of hydrogen-bond donors (Lipinski definition) is 1. The molecule has 1 N–H and O–H groups in total. The zero-order valence-electron chi connectivity index (χ0n) is 8.39. The van der Waals surface area contributed by atoms with Gasteiger partial charge in [0.2, 0.25) is 0 Å². The van der Waals surface area contributed by atoms with Crippen LogP contribution in [0.15, 0.2) is 48.6 Å². The van der Waals surface area contributed by atoms with Crippen LogP contribution in [0.3, 0.4) is 0 Å². The van der Waals surface area contributed by atoms with Crippen LogP contribution >= 0.6 is 0 Å². The number of carboxylic acid groups (broad SMARTS) is 1. The Kier molecular flexibility index (Phi) is 8.45. The van der Waals surface area contributed by atoms with Crippen LogP contribution in [0.4, 0.5) is 0 Å². The molecule has 0 unspecified atom stereocenters. The Hall–Kier alpha value is -1.57. The molecule has 76 valence electrons. The van der Waals surface area contributed by atoms with Crippen LogP contribution in [0.25, 0.3) is 0 Å². The van der Waals surface area contributed by atoms with Gasteiger partial charge in [-0.25, -0.2) is 4.79 Å². The van der Waals surface area contributed by atoms with Gasteiger partial charge in [0, 0.05) is 6.08 Å². The van der Waals surface area contributed by atoms with E-state index in [9.17, 15) is 4.79 Å². The van der Waals surface area contributed by atoms with Crippen molar-refractivity contribution >= 4 is 5.97 Å². The minimum absolute atomic E-state index is 0.929. The number of allylic oxidation sites excluding steroid dienone is 7. The maximum absolute atomic E-state index is 10.1. The van der Waals surface area contributed by atoms with E-state index in [2.05, 4.69) is 13.0 Å². The second-order valence-corrected chi connectivity index (χ2v) is 2.68. The standard InChI is InChI=1S/C12H16O2/c1-2-3-4-5-6-7-8-9-10-11-12(13)14/h4-11H,2-3H2,1H3,(H,13,14)/b5-4+,7-6+,9-8+,11-10+. The quantitative estimate of drug-likeness (QED) is 0.518. The van der Waals surface area contributed by atoms with Crippen LogP contribution in [-0.2, 0) is 4.79 Å². The Morgan fingerprint density at radius 3 is 2.21 bits per heavy atom. The lowest BCUT2D eigenvalue weighted by molar-refractivity contribution is -0.131. The SMILES string of the molecule is CCC/C=C/C=C/C=C/C=C/C(=O)O. The topological polar surface area (TPSA) is 37.3 Å². The van der Waals surface area contributed by atoms with Crippen LogP contribution in [0.1, 0.15) is 19.8 Å². The lowest BCUT2D eigenvalue weighted by Gasteiger charge is -1.79. The summed E-state index contributed by atoms with van der Waals surface area (Å²) in [4.78, 5) is 10.1. The molecule has 2 heteroatoms. The summed E-state index contributed by atoms with van der Waals surface area (Å²) >= 11 is 0. The molecule has 0 heterocycles. The molecule has 2 nitrogen and oxygen atoms in total. The van der Waals surface area contributed by atoms with E-state index < -0.39 is 5.97 Å². The van der Waals surface area contributed by atoms with Gasteiger partial charge in [-0.15, -0.1) is 0 Å². The number of rotatable bonds is 6. The summed E-state index contributed by atoms with van der Waals surface area (Å²) in [5, 5.41) is 8.26. The van der Waals surface area contributed by atoms with Gasteiger partial charge in [0.1, 0.15) is 0 Å². The fraction of sp³-hybridized carbons (Fsp3) is 0.250. The number of carbonyl (C=O) groups is 1. The predicted molar refractivity (Wildman–Crippen MR) is 59.1 cm³/mol. The third kappa shape index (κ3) is 10.4. The first-order chi connectivity index (χ1) is 6.77. The van der Waals surface area contributed by atoms with E-state index in [0.29, 0.717) is 0 Å². The monoisotopic (exact) mass is 192 g/mol. The van der Waals surface area contributed by atoms with Crippen LogP contribution in [0.2, 0.25) is 0 Å². The number of aliphatic carboxylic acids is 1. The summed E-state index contributed by atoms with van der Waals surface area (Å²) in [5.41, 5.74) is 0. The number of unbranched alkanes of at least 4 members (excludes halogenated alkanes) is 1. The third-order valence-corrected chi connectivity index (χ3v) is 1.39. The molecule has 14 heavy (non-hydrogen) atoms. The highest BCUT2D eigenvalue weighted by Crippen LogP contribution is 1.89. The molecule has 0 aliphatic rings. The molecule has 0 amide bonds. The van der Waals surface area contributed by atoms with Gasteiger partial charge < -0.3 is 5.11 Å². The van der Waals surface area contributed by atoms with Crippen molar-refractivity contribution in [2.24, 2.45) is 0 Å². The van der Waals surface area contributed by atoms with Crippen LogP contribution < -0.4 is 0 Å². The summed E-state index contributed by atoms with van der Waals surface area (Å²) in [6.45, 7) is 2.13. The van der Waals surface area contributed by atoms with Gasteiger partial charge in [0.25, 0.3) is 0 Å². The van der Waals surface area contributed by atoms with Crippen LogP contribution in [0.5, 0.6) is 0 Å². The molecular weight excluding hydrogens is 176 g/mol. The first kappa shape index (κ1) is 12.4. The molecule has 0 atom stereocenters. The molecule has 0 aliphatic carbocycles. The Morgan fingerprint density at radius 2 is 1.64 bits per heavy atom. The molecule has 0 aliphatic heterocycles. The van der Waals surface area contributed by atoms with Crippen molar-refractivity contribution in [2.45, 2.75) is 19.8 Å². The van der Waals surface area contributed by atoms with E-state index in [4.69, 9.17) is 5.11 Å². The van der Waals surface area contributed by atoms with Gasteiger partial charge in [0.05, 0.1) is 0 Å². The molecule has 0 fully saturated rings. The lowest BCUT2D eigenvalue weighted by Crippen LogP contribution is -1.84. The molecule has 0 aromatic rings. The Bertz CT molecular complexity index is 257. The molecule has 0 aromatic heterocycles. The molecule has 0 radical (unpaired) electrons. The highest BCUT2D eigenvalue weighted by Gasteiger charge is 1.79. The van der Waals surface area contributed by atoms with E-state index in [1.165, 1.54) is 6.08 Å². The molecule has 0 saturated carbocycles. The zero-order valence-corrected chi connectivity index (χ0v) is 8.39. The summed E-state index contributed by atoms with van der Waals surface area (Å²) < 4.78 is 0. The lowest BCUT2D eigenvalue weighted by atomic mass is 10.3. The molecule has 0 aromatic carbocycles. The smallest absolute Gasteiger partial charge is 0.328 e. The van der Waals surface area contributed by atoms with E-state index in [1.54, 1.807) is 12.2 Å². The highest BCUT2D eigenvalue weighted by atomic mass is 16.4. The van der Waals surface area contributed by atoms with Crippen molar-refractivity contribution in [3.05, 3.63) is 48.6 Å². The average molecular weight is 192 g/mol. The highest BCUT2D eigenvalue weighted by molar-refractivity contribution is 5.80. The Labute approximate surface area is 85.0 Å². The van der Waals surface area contributed by atoms with Gasteiger partial charge in [-0.1, -0.05) is 55.9 Å². The van der Waals surface area contributed by atoms with E-state index >= 15 is 0 Å². The molecule has 0 spiro atoms. The minimum atomic E-state index is -0.929. The van der Waals surface area contributed by atoms with Crippen molar-refractivity contribution in [3.8, 4) is 0 Å². The first-order valence-electron chi connectivity index (χ1n) is 4.67. The van der Waals surface area contributed by atoms with Crippen molar-refractivity contribution in [3.63, 3.8) is 0 Å². The first-order valence-corrected chi connectivity index (χ1v) is 4.67. The average Bonchev–Trinajstić information content (AvgIpc) is 2.15. The zero-order chi connectivity index (χ0) is 10.6. The van der Waals surface area contributed by atoms with Crippen molar-refractivity contribution in [1.82, 2.24) is 0 Å². The van der Waals surface area contributed by atoms with E-state index in [0.717, 1.165) is 18.9 Å². The summed E-state index contributed by atoms with van der Waals surface area (Å²) in [7, 11) is 0. The van der Waals surface area contributed by atoms with Gasteiger partial charge in [-0.05, 0) is 6.42 Å². The number of carboxylic acids is 1. The molecule has 0 bridgehead atoms. The second kappa shape index (κ2) is 9.52. The number of hydrogen-bond acceptors (Lipinski definition) is 1. The van der Waals surface area contributed by atoms with Crippen molar-refractivity contribution in [2.75, 3.05) is 0 Å². The van der Waals surface area contributed by atoms with Gasteiger partial charge >= 0.3 is 5.97 Å². The van der Waals surface area contributed by atoms with Gasteiger partial charge in [-0.2, -0.15) is 0 Å². The minimum Gasteiger partial charge on any atom is -0.478 e. The maximum Gasteiger partial charge on any atom is 0.328 e. The normalized spacial score (nSPS) is 12.6. The van der Waals surface area contributed by atoms with Gasteiger partial charge in [-0.3, -0.25) is 0 Å². The molecule has 0 saturated heterocycles. The fourth-order valence-corrected chi connectivity index (χ4v) is 0.736. The van der Waals surface area contributed by atoms with E-state index in [-0.39, 0.29) is 0 Å². The fourth-order valence-electron chi connectivity index (χ4n) is 0.736. The van der Waals surface area contributed by atoms with Crippen molar-refractivity contribution in [1.29, 1.82) is 0 Å². The van der Waals surface area contributed by atoms with Gasteiger partial charge in [0.15, 0.2) is 0 Å². The van der Waals surface area contributed by atoms with Crippen molar-refractivity contribution < 1.29 is 9.90 Å². The largest absolute Gasteiger partial charge is 0.478 e. The summed E-state index contributed by atoms with van der Waals surface area (Å²) in [6.07, 6.45) is 16.1. The summed E-state index contributed by atoms with van der Waals surface area (Å²) in [6, 6.07) is 0. The molecule has 0 rings (SSSR count). The van der Waals surface area contributed by atoms with Crippen LogP contribution in [0, 0.1) is 0 Å². The third-order valence-electron chi connectivity index (χ3n) is 1.39. The maximum atomic E-state index is 10.1.